The van der Waals surface area contributed by atoms with E-state index in [-0.39, 0.29) is 0 Å². The molecule has 0 radical (unpaired) electrons. The Hall–Kier alpha value is -1.26. The Morgan fingerprint density at radius 2 is 1.86 bits per heavy atom. The predicted octanol–water partition coefficient (Wildman–Crippen LogP) is 2.39. The molecule has 1 aromatic rings. The van der Waals surface area contributed by atoms with Gasteiger partial charge in [-0.3, -0.25) is 0 Å². The molecule has 0 bridgehead atoms. The summed E-state index contributed by atoms with van der Waals surface area (Å²) in [7, 11) is 0. The molecule has 1 aromatic carbocycles. The molecular formula is C13H17N. The molecule has 0 aromatic heterocycles. The zero-order valence-corrected chi connectivity index (χ0v) is 9.31. The van der Waals surface area contributed by atoms with Gasteiger partial charge in [-0.05, 0) is 44.9 Å². The average Bonchev–Trinajstić information content (AvgIpc) is 2.06. The van der Waals surface area contributed by atoms with Crippen LogP contribution in [0.5, 0.6) is 0 Å². The molecule has 14 heavy (non-hydrogen) atoms. The van der Waals surface area contributed by atoms with Crippen LogP contribution < -0.4 is 5.73 Å². The van der Waals surface area contributed by atoms with Crippen molar-refractivity contribution in [1.29, 1.82) is 0 Å². The molecule has 0 saturated heterocycles. The maximum absolute atomic E-state index is 5.80. The van der Waals surface area contributed by atoms with Gasteiger partial charge in [-0.1, -0.05) is 24.0 Å². The highest BCUT2D eigenvalue weighted by Gasteiger charge is 2.04. The molecule has 1 nitrogen and oxygen atoms in total. The van der Waals surface area contributed by atoms with Crippen molar-refractivity contribution < 1.29 is 0 Å². The number of rotatable bonds is 0. The van der Waals surface area contributed by atoms with Gasteiger partial charge in [0.1, 0.15) is 0 Å². The minimum absolute atomic E-state index is 0.420. The molecular weight excluding hydrogens is 170 g/mol. The lowest BCUT2D eigenvalue weighted by atomic mass is 10.0. The van der Waals surface area contributed by atoms with E-state index in [1.165, 1.54) is 11.1 Å². The first-order valence-corrected chi connectivity index (χ1v) is 4.78. The van der Waals surface area contributed by atoms with Crippen LogP contribution in [0.3, 0.4) is 0 Å². The van der Waals surface area contributed by atoms with Crippen LogP contribution >= 0.6 is 0 Å². The first-order valence-electron chi connectivity index (χ1n) is 4.78. The zero-order valence-electron chi connectivity index (χ0n) is 9.31. The summed E-state index contributed by atoms with van der Waals surface area (Å²) >= 11 is 0. The van der Waals surface area contributed by atoms with Crippen molar-refractivity contribution in [2.24, 2.45) is 5.73 Å². The van der Waals surface area contributed by atoms with Gasteiger partial charge in [-0.25, -0.2) is 0 Å². The normalized spacial score (nSPS) is 10.6. The van der Waals surface area contributed by atoms with E-state index in [0.29, 0.717) is 0 Å². The zero-order chi connectivity index (χ0) is 10.8. The van der Waals surface area contributed by atoms with Gasteiger partial charge in [0.25, 0.3) is 0 Å². The fraction of sp³-hybridized carbons (Fsp3) is 0.385. The Labute approximate surface area is 86.3 Å². The molecule has 0 aliphatic rings. The lowest BCUT2D eigenvalue weighted by Crippen LogP contribution is -2.29. The number of nitrogens with two attached hydrogens (primary N) is 1. The second kappa shape index (κ2) is 3.86. The Morgan fingerprint density at radius 3 is 2.43 bits per heavy atom. The highest BCUT2D eigenvalue weighted by molar-refractivity contribution is 5.45. The van der Waals surface area contributed by atoms with Crippen molar-refractivity contribution in [3.05, 3.63) is 34.9 Å². The summed E-state index contributed by atoms with van der Waals surface area (Å²) in [6.45, 7) is 7.99. The Bertz CT molecular complexity index is 386. The second-order valence-corrected chi connectivity index (χ2v) is 4.22. The molecule has 0 fully saturated rings. The third-order valence-corrected chi connectivity index (χ3v) is 2.12. The van der Waals surface area contributed by atoms with Gasteiger partial charge in [-0.2, -0.15) is 0 Å². The van der Waals surface area contributed by atoms with Crippen molar-refractivity contribution in [3.8, 4) is 11.8 Å². The van der Waals surface area contributed by atoms with Crippen molar-refractivity contribution in [1.82, 2.24) is 0 Å². The highest BCUT2D eigenvalue weighted by Crippen LogP contribution is 2.11. The summed E-state index contributed by atoms with van der Waals surface area (Å²) in [5.74, 6) is 6.15. The fourth-order valence-electron chi connectivity index (χ4n) is 1.11. The van der Waals surface area contributed by atoms with Crippen LogP contribution in [-0.4, -0.2) is 5.54 Å². The molecule has 0 saturated carbocycles. The van der Waals surface area contributed by atoms with Crippen LogP contribution in [0, 0.1) is 25.7 Å². The Balaban J connectivity index is 3.08. The van der Waals surface area contributed by atoms with Crippen molar-refractivity contribution in [3.63, 3.8) is 0 Å². The maximum atomic E-state index is 5.80. The van der Waals surface area contributed by atoms with Gasteiger partial charge < -0.3 is 5.73 Å². The van der Waals surface area contributed by atoms with Gasteiger partial charge in [-0.15, -0.1) is 0 Å². The smallest absolute Gasteiger partial charge is 0.0722 e. The number of hydrogen-bond donors (Lipinski definition) is 1. The Kier molecular flexibility index (Phi) is 2.98. The first-order chi connectivity index (χ1) is 6.40. The van der Waals surface area contributed by atoms with Crippen LogP contribution in [0.2, 0.25) is 0 Å². The molecule has 0 heterocycles. The molecule has 74 valence electrons. The van der Waals surface area contributed by atoms with E-state index in [1.54, 1.807) is 0 Å². The van der Waals surface area contributed by atoms with E-state index in [4.69, 9.17) is 5.73 Å². The summed E-state index contributed by atoms with van der Waals surface area (Å²) in [5, 5.41) is 0. The lowest BCUT2D eigenvalue weighted by molar-refractivity contribution is 0.680. The molecule has 0 unspecified atom stereocenters. The van der Waals surface area contributed by atoms with Crippen LogP contribution in [0.1, 0.15) is 30.5 Å². The van der Waals surface area contributed by atoms with Gasteiger partial charge in [0, 0.05) is 5.56 Å². The van der Waals surface area contributed by atoms with Crippen molar-refractivity contribution in [2.45, 2.75) is 33.2 Å². The maximum Gasteiger partial charge on any atom is 0.0722 e. The molecule has 2 N–H and O–H groups in total. The minimum atomic E-state index is -0.420. The fourth-order valence-corrected chi connectivity index (χ4v) is 1.11. The molecule has 0 atom stereocenters. The van der Waals surface area contributed by atoms with E-state index in [9.17, 15) is 0 Å². The van der Waals surface area contributed by atoms with Gasteiger partial charge in [0.15, 0.2) is 0 Å². The quantitative estimate of drug-likeness (QED) is 0.620. The molecule has 0 aliphatic heterocycles. The van der Waals surface area contributed by atoms with Crippen LogP contribution in [0.25, 0.3) is 0 Å². The topological polar surface area (TPSA) is 26.0 Å². The first kappa shape index (κ1) is 10.8. The standard InChI is InChI=1S/C13H17N/c1-10-6-5-7-12(11(10)2)8-9-13(3,4)14/h5-7H,14H2,1-4H3. The number of hydrogen-bond acceptors (Lipinski definition) is 1. The SMILES string of the molecule is Cc1cccc(C#CC(C)(C)N)c1C. The summed E-state index contributed by atoms with van der Waals surface area (Å²) in [6.07, 6.45) is 0. The molecule has 1 heteroatoms. The summed E-state index contributed by atoms with van der Waals surface area (Å²) < 4.78 is 0. The lowest BCUT2D eigenvalue weighted by Gasteiger charge is -2.08. The van der Waals surface area contributed by atoms with Crippen LogP contribution in [0.4, 0.5) is 0 Å². The molecule has 0 spiro atoms. The largest absolute Gasteiger partial charge is 0.316 e. The van der Waals surface area contributed by atoms with E-state index >= 15 is 0 Å². The second-order valence-electron chi connectivity index (χ2n) is 4.22. The molecule has 0 amide bonds. The van der Waals surface area contributed by atoms with Gasteiger partial charge in [0.05, 0.1) is 5.54 Å². The number of benzene rings is 1. The number of aryl methyl sites for hydroxylation is 1. The minimum Gasteiger partial charge on any atom is -0.316 e. The van der Waals surface area contributed by atoms with Crippen LogP contribution in [0.15, 0.2) is 18.2 Å². The molecule has 1 rings (SSSR count). The van der Waals surface area contributed by atoms with E-state index < -0.39 is 5.54 Å². The third-order valence-electron chi connectivity index (χ3n) is 2.12. The Morgan fingerprint density at radius 1 is 1.21 bits per heavy atom. The highest BCUT2D eigenvalue weighted by atomic mass is 14.7. The van der Waals surface area contributed by atoms with E-state index in [0.717, 1.165) is 5.56 Å². The van der Waals surface area contributed by atoms with E-state index in [1.807, 2.05) is 26.0 Å². The van der Waals surface area contributed by atoms with Gasteiger partial charge in [0.2, 0.25) is 0 Å². The van der Waals surface area contributed by atoms with Crippen LogP contribution in [-0.2, 0) is 0 Å². The van der Waals surface area contributed by atoms with Crippen molar-refractivity contribution >= 4 is 0 Å². The predicted molar refractivity (Wildman–Crippen MR) is 61.1 cm³/mol. The monoisotopic (exact) mass is 187 g/mol. The van der Waals surface area contributed by atoms with Crippen molar-refractivity contribution in [2.75, 3.05) is 0 Å². The van der Waals surface area contributed by atoms with Gasteiger partial charge >= 0.3 is 0 Å². The summed E-state index contributed by atoms with van der Waals surface area (Å²) in [4.78, 5) is 0. The summed E-state index contributed by atoms with van der Waals surface area (Å²) in [5.41, 5.74) is 8.96. The van der Waals surface area contributed by atoms with E-state index in [2.05, 4.69) is 31.8 Å². The molecule has 0 aliphatic carbocycles. The average molecular weight is 187 g/mol. The third kappa shape index (κ3) is 2.90. The summed E-state index contributed by atoms with van der Waals surface area (Å²) in [6, 6.07) is 6.14.